The number of carbonyl (C=O) groups is 3. The number of fused-ring (bicyclic) bond motifs is 1. The largest absolute Gasteiger partial charge is 0.444 e. The average Bonchev–Trinajstić information content (AvgIpc) is 2.69. The van der Waals surface area contributed by atoms with Gasteiger partial charge in [0, 0.05) is 5.56 Å². The Hall–Kier alpha value is -2.81. The van der Waals surface area contributed by atoms with Crippen molar-refractivity contribution in [1.82, 2.24) is 5.32 Å². The monoisotopic (exact) mass is 300 g/mol. The van der Waals surface area contributed by atoms with Gasteiger partial charge in [-0.15, -0.1) is 0 Å². The van der Waals surface area contributed by atoms with Gasteiger partial charge in [-0.25, -0.2) is 4.79 Å². The number of nitrogens with one attached hydrogen (secondary N) is 2. The van der Waals surface area contributed by atoms with Crippen LogP contribution in [0.15, 0.2) is 18.2 Å². The Balaban J connectivity index is 2.03. The number of amides is 2. The molecule has 0 aliphatic carbocycles. The molecule has 6 nitrogen and oxygen atoms in total. The average molecular weight is 300 g/mol. The zero-order chi connectivity index (χ0) is 16.3. The van der Waals surface area contributed by atoms with Crippen LogP contribution in [-0.2, 0) is 9.53 Å². The van der Waals surface area contributed by atoms with E-state index in [2.05, 4.69) is 22.5 Å². The molecule has 2 N–H and O–H groups in total. The van der Waals surface area contributed by atoms with Crippen LogP contribution in [0, 0.1) is 11.8 Å². The van der Waals surface area contributed by atoms with Gasteiger partial charge in [-0.2, -0.15) is 0 Å². The van der Waals surface area contributed by atoms with Gasteiger partial charge >= 0.3 is 6.09 Å². The van der Waals surface area contributed by atoms with Crippen LogP contribution < -0.4 is 10.6 Å². The summed E-state index contributed by atoms with van der Waals surface area (Å²) in [6.07, 6.45) is -0.562. The van der Waals surface area contributed by atoms with Crippen LogP contribution >= 0.6 is 0 Å². The lowest BCUT2D eigenvalue weighted by molar-refractivity contribution is -0.112. The first kappa shape index (κ1) is 15.6. The van der Waals surface area contributed by atoms with Gasteiger partial charge in [0.2, 0.25) is 0 Å². The topological polar surface area (TPSA) is 84.5 Å². The van der Waals surface area contributed by atoms with E-state index in [-0.39, 0.29) is 12.1 Å². The van der Waals surface area contributed by atoms with E-state index in [1.165, 1.54) is 0 Å². The number of benzene rings is 1. The van der Waals surface area contributed by atoms with Gasteiger partial charge in [0.05, 0.1) is 17.8 Å². The van der Waals surface area contributed by atoms with Gasteiger partial charge in [0.15, 0.2) is 0 Å². The third-order valence-electron chi connectivity index (χ3n) is 2.69. The first-order valence-corrected chi connectivity index (χ1v) is 6.72. The highest BCUT2D eigenvalue weighted by Gasteiger charge is 2.29. The Bertz CT molecular complexity index is 705. The lowest BCUT2D eigenvalue weighted by atomic mass is 10.0. The molecule has 1 aromatic carbocycles. The number of ketones is 1. The van der Waals surface area contributed by atoms with Crippen molar-refractivity contribution in [2.75, 3.05) is 11.9 Å². The number of Topliss-reactive ketones (excluding diaryl/α,β-unsaturated/α-hetero) is 1. The summed E-state index contributed by atoms with van der Waals surface area (Å²) in [7, 11) is 0. The van der Waals surface area contributed by atoms with E-state index >= 15 is 0 Å². The van der Waals surface area contributed by atoms with Crippen LogP contribution in [0.25, 0.3) is 0 Å². The van der Waals surface area contributed by atoms with Gasteiger partial charge in [-0.3, -0.25) is 9.59 Å². The molecule has 0 saturated heterocycles. The highest BCUT2D eigenvalue weighted by molar-refractivity contribution is 6.52. The van der Waals surface area contributed by atoms with Crippen LogP contribution in [0.1, 0.15) is 36.7 Å². The Morgan fingerprint density at radius 2 is 2.05 bits per heavy atom. The van der Waals surface area contributed by atoms with Crippen molar-refractivity contribution in [2.24, 2.45) is 0 Å². The maximum absolute atomic E-state index is 11.7. The van der Waals surface area contributed by atoms with E-state index < -0.39 is 23.4 Å². The predicted molar refractivity (Wildman–Crippen MR) is 80.5 cm³/mol. The Labute approximate surface area is 128 Å². The Kier molecular flexibility index (Phi) is 4.18. The fourth-order valence-corrected chi connectivity index (χ4v) is 1.87. The summed E-state index contributed by atoms with van der Waals surface area (Å²) in [6, 6.07) is 4.99. The van der Waals surface area contributed by atoms with Crippen molar-refractivity contribution in [2.45, 2.75) is 26.4 Å². The van der Waals surface area contributed by atoms with Crippen LogP contribution in [0.3, 0.4) is 0 Å². The van der Waals surface area contributed by atoms with Crippen LogP contribution in [0.5, 0.6) is 0 Å². The second-order valence-corrected chi connectivity index (χ2v) is 5.67. The quantitative estimate of drug-likeness (QED) is 0.610. The number of ether oxygens (including phenoxy) is 1. The lowest BCUT2D eigenvalue weighted by Crippen LogP contribution is -2.32. The predicted octanol–water partition coefficient (Wildman–Crippen LogP) is 1.70. The highest BCUT2D eigenvalue weighted by atomic mass is 16.6. The van der Waals surface area contributed by atoms with Crippen molar-refractivity contribution in [3.8, 4) is 11.8 Å². The smallest absolute Gasteiger partial charge is 0.408 e. The van der Waals surface area contributed by atoms with Gasteiger partial charge in [-0.1, -0.05) is 17.9 Å². The molecule has 22 heavy (non-hydrogen) atoms. The first-order valence-electron chi connectivity index (χ1n) is 6.72. The van der Waals surface area contributed by atoms with Gasteiger partial charge in [-0.05, 0) is 32.9 Å². The minimum absolute atomic E-state index is 0.0775. The molecule has 0 radical (unpaired) electrons. The second kappa shape index (κ2) is 5.90. The van der Waals surface area contributed by atoms with E-state index in [1.54, 1.807) is 39.0 Å². The molecular weight excluding hydrogens is 284 g/mol. The maximum atomic E-state index is 11.7. The summed E-state index contributed by atoms with van der Waals surface area (Å²) >= 11 is 0. The minimum atomic E-state index is -0.656. The summed E-state index contributed by atoms with van der Waals surface area (Å²) in [5.74, 6) is 4.26. The standard InChI is InChI=1S/C16H16N2O4/c1-16(2,3)22-15(21)17-9-5-7-10-6-4-8-11-12(10)13(19)14(20)18-11/h4,6,8H,9H2,1-3H3,(H,17,21)(H,18,19,20). The summed E-state index contributed by atoms with van der Waals surface area (Å²) in [5, 5.41) is 4.97. The molecule has 1 aliphatic heterocycles. The number of rotatable bonds is 1. The molecule has 0 unspecified atom stereocenters. The fraction of sp³-hybridized carbons (Fsp3) is 0.312. The van der Waals surface area contributed by atoms with Gasteiger partial charge in [0.25, 0.3) is 11.7 Å². The van der Waals surface area contributed by atoms with E-state index in [0.717, 1.165) is 0 Å². The molecule has 1 aliphatic rings. The molecule has 0 aromatic heterocycles. The number of carbonyl (C=O) groups excluding carboxylic acids is 3. The van der Waals surface area contributed by atoms with Crippen molar-refractivity contribution in [3.05, 3.63) is 29.3 Å². The van der Waals surface area contributed by atoms with Crippen LogP contribution in [0.2, 0.25) is 0 Å². The van der Waals surface area contributed by atoms with Crippen molar-refractivity contribution >= 4 is 23.5 Å². The third-order valence-corrected chi connectivity index (χ3v) is 2.69. The highest BCUT2D eigenvalue weighted by Crippen LogP contribution is 2.25. The molecule has 6 heteroatoms. The maximum Gasteiger partial charge on any atom is 0.408 e. The SMILES string of the molecule is CC(C)(C)OC(=O)NCC#Cc1cccc2c1C(=O)C(=O)N2. The molecule has 0 atom stereocenters. The number of anilines is 1. The summed E-state index contributed by atoms with van der Waals surface area (Å²) in [6.45, 7) is 5.37. The summed E-state index contributed by atoms with van der Waals surface area (Å²) in [4.78, 5) is 34.5. The number of alkyl carbamates (subject to hydrolysis) is 1. The molecule has 0 bridgehead atoms. The zero-order valence-electron chi connectivity index (χ0n) is 12.6. The molecular formula is C16H16N2O4. The zero-order valence-corrected chi connectivity index (χ0v) is 12.6. The Morgan fingerprint density at radius 1 is 1.32 bits per heavy atom. The summed E-state index contributed by atoms with van der Waals surface area (Å²) in [5.41, 5.74) is 0.613. The number of hydrogen-bond acceptors (Lipinski definition) is 4. The van der Waals surface area contributed by atoms with E-state index in [0.29, 0.717) is 11.3 Å². The van der Waals surface area contributed by atoms with Gasteiger partial charge < -0.3 is 15.4 Å². The minimum Gasteiger partial charge on any atom is -0.444 e. The van der Waals surface area contributed by atoms with E-state index in [1.807, 2.05) is 0 Å². The number of hydrogen-bond donors (Lipinski definition) is 2. The molecule has 0 fully saturated rings. The first-order chi connectivity index (χ1) is 10.3. The van der Waals surface area contributed by atoms with Crippen LogP contribution in [-0.4, -0.2) is 29.9 Å². The molecule has 1 aromatic rings. The van der Waals surface area contributed by atoms with Gasteiger partial charge in [0.1, 0.15) is 5.60 Å². The third kappa shape index (κ3) is 3.64. The molecule has 0 saturated carbocycles. The lowest BCUT2D eigenvalue weighted by Gasteiger charge is -2.19. The molecule has 114 valence electrons. The molecule has 1 heterocycles. The van der Waals surface area contributed by atoms with Crippen LogP contribution in [0.4, 0.5) is 10.5 Å². The molecule has 2 rings (SSSR count). The normalized spacial score (nSPS) is 12.9. The fourth-order valence-electron chi connectivity index (χ4n) is 1.87. The van der Waals surface area contributed by atoms with E-state index in [9.17, 15) is 14.4 Å². The summed E-state index contributed by atoms with van der Waals surface area (Å²) < 4.78 is 5.07. The second-order valence-electron chi connectivity index (χ2n) is 5.67. The molecule has 2 amide bonds. The van der Waals surface area contributed by atoms with Crippen molar-refractivity contribution < 1.29 is 19.1 Å². The van der Waals surface area contributed by atoms with Crippen molar-refractivity contribution in [3.63, 3.8) is 0 Å². The van der Waals surface area contributed by atoms with Crippen molar-refractivity contribution in [1.29, 1.82) is 0 Å². The van der Waals surface area contributed by atoms with E-state index in [4.69, 9.17) is 4.74 Å². The Morgan fingerprint density at radius 3 is 2.73 bits per heavy atom. The molecule has 0 spiro atoms.